The fourth-order valence-corrected chi connectivity index (χ4v) is 4.35. The van der Waals surface area contributed by atoms with Crippen LogP contribution in [0.25, 0.3) is 0 Å². The van der Waals surface area contributed by atoms with Gasteiger partial charge in [0, 0.05) is 20.0 Å². The van der Waals surface area contributed by atoms with Gasteiger partial charge in [-0.15, -0.1) is 0 Å². The van der Waals surface area contributed by atoms with E-state index >= 15 is 0 Å². The van der Waals surface area contributed by atoms with E-state index in [4.69, 9.17) is 0 Å². The predicted octanol–water partition coefficient (Wildman–Crippen LogP) is 0.854. The maximum absolute atomic E-state index is 12.8. The summed E-state index contributed by atoms with van der Waals surface area (Å²) in [5.41, 5.74) is 0.956. The van der Waals surface area contributed by atoms with Crippen molar-refractivity contribution in [3.63, 3.8) is 0 Å². The predicted molar refractivity (Wildman–Crippen MR) is 87.5 cm³/mol. The molecule has 2 atom stereocenters. The number of sulfonamides is 1. The van der Waals surface area contributed by atoms with E-state index in [9.17, 15) is 18.3 Å². The molecule has 1 aliphatic rings. The van der Waals surface area contributed by atoms with Crippen molar-refractivity contribution in [1.29, 1.82) is 0 Å². The Bertz CT molecular complexity index is 677. The van der Waals surface area contributed by atoms with Crippen molar-refractivity contribution in [3.05, 3.63) is 29.8 Å². The first kappa shape index (κ1) is 17.9. The molecular formula is C16H24N2O4S. The molecule has 0 aromatic heterocycles. The maximum Gasteiger partial charge on any atom is 0.243 e. The number of nitrogens with one attached hydrogen (secondary N) is 1. The summed E-state index contributed by atoms with van der Waals surface area (Å²) in [5.74, 6) is -0.406. The largest absolute Gasteiger partial charge is 0.392 e. The molecule has 1 heterocycles. The van der Waals surface area contributed by atoms with Gasteiger partial charge < -0.3 is 10.4 Å². The van der Waals surface area contributed by atoms with Crippen LogP contribution in [-0.2, 0) is 20.2 Å². The number of β-amino-alcohol motifs (C(OH)–C–C–N with tert-alkyl or cyclic N) is 1. The third-order valence-electron chi connectivity index (χ3n) is 4.11. The third-order valence-corrected chi connectivity index (χ3v) is 6.00. The fraction of sp³-hybridized carbons (Fsp3) is 0.562. The van der Waals surface area contributed by atoms with Gasteiger partial charge in [-0.3, -0.25) is 4.79 Å². The Kier molecular flexibility index (Phi) is 4.84. The van der Waals surface area contributed by atoms with Gasteiger partial charge >= 0.3 is 0 Å². The van der Waals surface area contributed by atoms with Crippen molar-refractivity contribution in [2.24, 2.45) is 0 Å². The summed E-state index contributed by atoms with van der Waals surface area (Å²) in [5, 5.41) is 12.2. The zero-order valence-electron chi connectivity index (χ0n) is 13.9. The average molecular weight is 340 g/mol. The van der Waals surface area contributed by atoms with Crippen LogP contribution in [0.1, 0.15) is 32.8 Å². The summed E-state index contributed by atoms with van der Waals surface area (Å²) in [6.45, 7) is 6.08. The molecule has 1 aromatic carbocycles. The Balaban J connectivity index is 2.35. The summed E-state index contributed by atoms with van der Waals surface area (Å²) in [6, 6.07) is 5.81. The van der Waals surface area contributed by atoms with Gasteiger partial charge in [0.25, 0.3) is 0 Å². The van der Waals surface area contributed by atoms with Crippen LogP contribution < -0.4 is 5.32 Å². The lowest BCUT2D eigenvalue weighted by atomic mass is 9.87. The number of amides is 1. The molecule has 1 aromatic rings. The van der Waals surface area contributed by atoms with Crippen LogP contribution in [0.15, 0.2) is 29.2 Å². The highest BCUT2D eigenvalue weighted by molar-refractivity contribution is 7.89. The fourth-order valence-electron chi connectivity index (χ4n) is 2.72. The third kappa shape index (κ3) is 3.57. The minimum absolute atomic E-state index is 0.0680. The van der Waals surface area contributed by atoms with E-state index in [0.29, 0.717) is 0 Å². The van der Waals surface area contributed by atoms with Crippen molar-refractivity contribution in [3.8, 4) is 0 Å². The minimum Gasteiger partial charge on any atom is -0.392 e. The van der Waals surface area contributed by atoms with Crippen LogP contribution in [0.2, 0.25) is 0 Å². The number of aliphatic hydroxyl groups is 1. The Morgan fingerprint density at radius 3 is 2.30 bits per heavy atom. The second-order valence-electron chi connectivity index (χ2n) is 6.87. The molecule has 1 saturated heterocycles. The minimum atomic E-state index is -3.83. The molecule has 1 aliphatic heterocycles. The summed E-state index contributed by atoms with van der Waals surface area (Å²) in [6.07, 6.45) is -0.722. The number of nitrogens with zero attached hydrogens (tertiary/aromatic N) is 1. The van der Waals surface area contributed by atoms with Crippen LogP contribution in [0.5, 0.6) is 0 Å². The van der Waals surface area contributed by atoms with Crippen LogP contribution in [-0.4, -0.2) is 49.5 Å². The molecular weight excluding hydrogens is 316 g/mol. The molecule has 0 bridgehead atoms. The molecule has 0 aliphatic carbocycles. The number of hydrogen-bond donors (Lipinski definition) is 2. The van der Waals surface area contributed by atoms with E-state index in [1.54, 1.807) is 24.3 Å². The molecule has 0 unspecified atom stereocenters. The Labute approximate surface area is 137 Å². The zero-order chi connectivity index (χ0) is 17.4. The molecule has 1 fully saturated rings. The van der Waals surface area contributed by atoms with E-state index in [-0.39, 0.29) is 23.3 Å². The number of aliphatic hydroxyl groups excluding tert-OH is 1. The molecule has 23 heavy (non-hydrogen) atoms. The highest BCUT2D eigenvalue weighted by atomic mass is 32.2. The van der Waals surface area contributed by atoms with Crippen LogP contribution in [0.3, 0.4) is 0 Å². The molecule has 0 radical (unpaired) electrons. The van der Waals surface area contributed by atoms with Gasteiger partial charge in [0.1, 0.15) is 6.04 Å². The number of likely N-dealkylation sites (N-methyl/N-ethyl adjacent to an activating group) is 1. The normalized spacial score (nSPS) is 23.0. The second kappa shape index (κ2) is 6.22. The highest BCUT2D eigenvalue weighted by Crippen LogP contribution is 2.28. The van der Waals surface area contributed by atoms with Crippen LogP contribution >= 0.6 is 0 Å². The van der Waals surface area contributed by atoms with E-state index in [0.717, 1.165) is 9.87 Å². The standard InChI is InChI=1S/C16H24N2O4S/c1-16(2,3)11-5-7-13(8-6-11)23(21,22)18-10-12(19)9-14(18)15(20)17-4/h5-8,12,14,19H,9-10H2,1-4H3,(H,17,20)/t12-,14+/m1/s1. The molecule has 7 heteroatoms. The number of carbonyl (C=O) groups is 1. The number of carbonyl (C=O) groups excluding carboxylic acids is 1. The first-order valence-corrected chi connectivity index (χ1v) is 9.03. The first-order chi connectivity index (χ1) is 10.6. The number of rotatable bonds is 3. The molecule has 128 valence electrons. The van der Waals surface area contributed by atoms with Gasteiger partial charge in [-0.25, -0.2) is 8.42 Å². The van der Waals surface area contributed by atoms with E-state index < -0.39 is 28.1 Å². The lowest BCUT2D eigenvalue weighted by Crippen LogP contribution is -2.44. The summed E-state index contributed by atoms with van der Waals surface area (Å²) >= 11 is 0. The van der Waals surface area contributed by atoms with Crippen molar-refractivity contribution in [2.75, 3.05) is 13.6 Å². The first-order valence-electron chi connectivity index (χ1n) is 7.59. The molecule has 1 amide bonds. The number of hydrogen-bond acceptors (Lipinski definition) is 4. The van der Waals surface area contributed by atoms with Gasteiger partial charge in [0.2, 0.25) is 15.9 Å². The number of benzene rings is 1. The molecule has 2 rings (SSSR count). The summed E-state index contributed by atoms with van der Waals surface area (Å²) in [4.78, 5) is 12.0. The van der Waals surface area contributed by atoms with Crippen molar-refractivity contribution in [1.82, 2.24) is 9.62 Å². The van der Waals surface area contributed by atoms with Gasteiger partial charge in [-0.2, -0.15) is 4.31 Å². The van der Waals surface area contributed by atoms with Gasteiger partial charge in [-0.05, 0) is 23.1 Å². The lowest BCUT2D eigenvalue weighted by Gasteiger charge is -2.23. The lowest BCUT2D eigenvalue weighted by molar-refractivity contribution is -0.123. The molecule has 6 nitrogen and oxygen atoms in total. The monoisotopic (exact) mass is 340 g/mol. The second-order valence-corrected chi connectivity index (χ2v) is 8.76. The van der Waals surface area contributed by atoms with Gasteiger partial charge in [-0.1, -0.05) is 32.9 Å². The Morgan fingerprint density at radius 1 is 1.26 bits per heavy atom. The Hall–Kier alpha value is -1.44. The van der Waals surface area contributed by atoms with Crippen molar-refractivity contribution in [2.45, 2.75) is 49.6 Å². The SMILES string of the molecule is CNC(=O)[C@@H]1C[C@@H](O)CN1S(=O)(=O)c1ccc(C(C)(C)C)cc1. The summed E-state index contributed by atoms with van der Waals surface area (Å²) < 4.78 is 26.7. The van der Waals surface area contributed by atoms with Gasteiger partial charge in [0.15, 0.2) is 0 Å². The summed E-state index contributed by atoms with van der Waals surface area (Å²) in [7, 11) is -2.37. The highest BCUT2D eigenvalue weighted by Gasteiger charge is 2.43. The van der Waals surface area contributed by atoms with E-state index in [1.807, 2.05) is 0 Å². The van der Waals surface area contributed by atoms with Gasteiger partial charge in [0.05, 0.1) is 11.0 Å². The van der Waals surface area contributed by atoms with E-state index in [1.165, 1.54) is 7.05 Å². The smallest absolute Gasteiger partial charge is 0.243 e. The van der Waals surface area contributed by atoms with Crippen LogP contribution in [0.4, 0.5) is 0 Å². The Morgan fingerprint density at radius 2 is 1.83 bits per heavy atom. The van der Waals surface area contributed by atoms with Crippen molar-refractivity contribution >= 4 is 15.9 Å². The van der Waals surface area contributed by atoms with E-state index in [2.05, 4.69) is 26.1 Å². The van der Waals surface area contributed by atoms with Crippen molar-refractivity contribution < 1.29 is 18.3 Å². The molecule has 0 saturated carbocycles. The average Bonchev–Trinajstić information content (AvgIpc) is 2.88. The molecule has 0 spiro atoms. The topological polar surface area (TPSA) is 86.7 Å². The maximum atomic E-state index is 12.8. The zero-order valence-corrected chi connectivity index (χ0v) is 14.7. The van der Waals surface area contributed by atoms with Crippen LogP contribution in [0, 0.1) is 0 Å². The quantitative estimate of drug-likeness (QED) is 0.854. The molecule has 2 N–H and O–H groups in total.